The molecule has 0 unspecified atom stereocenters. The molecule has 7 nitrogen and oxygen atoms in total. The Hall–Kier alpha value is -2.97. The van der Waals surface area contributed by atoms with Crippen molar-refractivity contribution in [1.29, 1.82) is 0 Å². The van der Waals surface area contributed by atoms with Gasteiger partial charge in [-0.05, 0) is 61.9 Å². The second-order valence-electron chi connectivity index (χ2n) is 8.10. The molecule has 1 heterocycles. The zero-order chi connectivity index (χ0) is 21.4. The van der Waals surface area contributed by atoms with E-state index in [1.807, 2.05) is 35.0 Å². The number of para-hydroxylation sites is 1. The number of nitrogens with one attached hydrogen (secondary N) is 2. The van der Waals surface area contributed by atoms with Crippen molar-refractivity contribution in [2.45, 2.75) is 49.6 Å². The molecule has 0 atom stereocenters. The molecule has 0 saturated heterocycles. The fraction of sp³-hybridized carbons (Fsp3) is 0.304. The van der Waals surface area contributed by atoms with E-state index >= 15 is 0 Å². The molecule has 1 amide bonds. The molecule has 0 aliphatic heterocycles. The molecule has 1 saturated carbocycles. The monoisotopic (exact) mass is 436 g/mol. The molecule has 1 aromatic heterocycles. The summed E-state index contributed by atoms with van der Waals surface area (Å²) in [5.74, 6) is -0.208. The number of carbonyl (C=O) groups excluding carboxylic acids is 1. The normalized spacial score (nSPS) is 15.6. The summed E-state index contributed by atoms with van der Waals surface area (Å²) in [7, 11) is -3.47. The molecule has 2 N–H and O–H groups in total. The van der Waals surface area contributed by atoms with Crippen LogP contribution >= 0.6 is 0 Å². The summed E-state index contributed by atoms with van der Waals surface area (Å²) < 4.78 is 29.1. The molecule has 0 bridgehead atoms. The standard InChI is InChI=1S/C23H24N4O3S/c28-23(22-20-7-4-8-21(20)27(25-22)18-5-2-1-3-6-18)24-15-16-9-13-19(14-10-16)31(29,30)26-17-11-12-17/h1-3,5-6,9-10,13-14,17,26H,4,7-8,11-12,15H2,(H,24,28). The SMILES string of the molecule is O=C(NCc1ccc(S(=O)(=O)NC2CC2)cc1)c1nn(-c2ccccc2)c2c1CCC2. The number of hydrogen-bond donors (Lipinski definition) is 2. The van der Waals surface area contributed by atoms with E-state index in [0.29, 0.717) is 12.2 Å². The lowest BCUT2D eigenvalue weighted by atomic mass is 10.2. The quantitative estimate of drug-likeness (QED) is 0.596. The van der Waals surface area contributed by atoms with Gasteiger partial charge in [0.15, 0.2) is 5.69 Å². The minimum Gasteiger partial charge on any atom is -0.347 e. The van der Waals surface area contributed by atoms with Crippen LogP contribution in [0.5, 0.6) is 0 Å². The lowest BCUT2D eigenvalue weighted by Crippen LogP contribution is -2.26. The third-order valence-electron chi connectivity index (χ3n) is 5.73. The molecule has 8 heteroatoms. The van der Waals surface area contributed by atoms with Gasteiger partial charge >= 0.3 is 0 Å². The van der Waals surface area contributed by atoms with E-state index in [1.54, 1.807) is 24.3 Å². The van der Waals surface area contributed by atoms with Crippen LogP contribution in [0.2, 0.25) is 0 Å². The molecule has 3 aromatic rings. The Balaban J connectivity index is 1.29. The topological polar surface area (TPSA) is 93.1 Å². The van der Waals surface area contributed by atoms with Gasteiger partial charge in [0.05, 0.1) is 10.6 Å². The van der Waals surface area contributed by atoms with Gasteiger partial charge in [0.2, 0.25) is 10.0 Å². The number of hydrogen-bond acceptors (Lipinski definition) is 4. The first-order valence-corrected chi connectivity index (χ1v) is 12.1. The number of nitrogens with zero attached hydrogens (tertiary/aromatic N) is 2. The van der Waals surface area contributed by atoms with Crippen LogP contribution in [0.15, 0.2) is 59.5 Å². The van der Waals surface area contributed by atoms with Crippen LogP contribution in [0.1, 0.15) is 46.6 Å². The maximum absolute atomic E-state index is 12.9. The van der Waals surface area contributed by atoms with Crippen molar-refractivity contribution in [3.63, 3.8) is 0 Å². The van der Waals surface area contributed by atoms with Gasteiger partial charge in [-0.15, -0.1) is 0 Å². The van der Waals surface area contributed by atoms with Gasteiger partial charge in [-0.1, -0.05) is 30.3 Å². The molecule has 1 fully saturated rings. The van der Waals surface area contributed by atoms with E-state index in [9.17, 15) is 13.2 Å². The van der Waals surface area contributed by atoms with Crippen LogP contribution in [0, 0.1) is 0 Å². The number of fused-ring (bicyclic) bond motifs is 1. The predicted molar refractivity (Wildman–Crippen MR) is 117 cm³/mol. The smallest absolute Gasteiger partial charge is 0.272 e. The number of carbonyl (C=O) groups is 1. The minimum atomic E-state index is -3.47. The summed E-state index contributed by atoms with van der Waals surface area (Å²) in [5, 5.41) is 7.54. The fourth-order valence-corrected chi connectivity index (χ4v) is 5.25. The highest BCUT2D eigenvalue weighted by Crippen LogP contribution is 2.28. The first kappa shape index (κ1) is 20.0. The van der Waals surface area contributed by atoms with Crippen molar-refractivity contribution in [2.24, 2.45) is 0 Å². The van der Waals surface area contributed by atoms with Crippen LogP contribution in [0.3, 0.4) is 0 Å². The third kappa shape index (κ3) is 4.13. The Bertz CT molecular complexity index is 1210. The average molecular weight is 437 g/mol. The molecule has 31 heavy (non-hydrogen) atoms. The molecule has 0 radical (unpaired) electrons. The van der Waals surface area contributed by atoms with Gasteiger partial charge in [-0.3, -0.25) is 4.79 Å². The molecule has 2 aromatic carbocycles. The van der Waals surface area contributed by atoms with E-state index in [4.69, 9.17) is 0 Å². The van der Waals surface area contributed by atoms with E-state index in [2.05, 4.69) is 15.1 Å². The highest BCUT2D eigenvalue weighted by Gasteiger charge is 2.28. The molecule has 2 aliphatic rings. The van der Waals surface area contributed by atoms with Crippen LogP contribution in [-0.2, 0) is 29.4 Å². The van der Waals surface area contributed by atoms with Gasteiger partial charge in [0.1, 0.15) is 0 Å². The van der Waals surface area contributed by atoms with Gasteiger partial charge in [-0.2, -0.15) is 5.10 Å². The Morgan fingerprint density at radius 3 is 2.48 bits per heavy atom. The van der Waals surface area contributed by atoms with E-state index in [0.717, 1.165) is 54.6 Å². The van der Waals surface area contributed by atoms with Crippen LogP contribution in [0.25, 0.3) is 5.69 Å². The molecule has 160 valence electrons. The van der Waals surface area contributed by atoms with E-state index in [1.165, 1.54) is 0 Å². The van der Waals surface area contributed by atoms with Crippen molar-refractivity contribution < 1.29 is 13.2 Å². The molecule has 5 rings (SSSR count). The summed E-state index contributed by atoms with van der Waals surface area (Å²) in [5.41, 5.74) is 4.39. The van der Waals surface area contributed by atoms with Gasteiger partial charge in [0, 0.05) is 23.8 Å². The zero-order valence-corrected chi connectivity index (χ0v) is 17.9. The summed E-state index contributed by atoms with van der Waals surface area (Å²) in [6.07, 6.45) is 4.58. The summed E-state index contributed by atoms with van der Waals surface area (Å²) in [6.45, 7) is 0.308. The van der Waals surface area contributed by atoms with Gasteiger partial charge in [-0.25, -0.2) is 17.8 Å². The molecule has 2 aliphatic carbocycles. The van der Waals surface area contributed by atoms with Crippen LogP contribution < -0.4 is 10.0 Å². The van der Waals surface area contributed by atoms with Crippen molar-refractivity contribution in [3.05, 3.63) is 77.1 Å². The average Bonchev–Trinajstić information content (AvgIpc) is 3.31. The predicted octanol–water partition coefficient (Wildman–Crippen LogP) is 2.73. The number of amides is 1. The summed E-state index contributed by atoms with van der Waals surface area (Å²) >= 11 is 0. The first-order valence-electron chi connectivity index (χ1n) is 10.6. The third-order valence-corrected chi connectivity index (χ3v) is 7.27. The number of aromatic nitrogens is 2. The lowest BCUT2D eigenvalue weighted by Gasteiger charge is -2.08. The van der Waals surface area contributed by atoms with Crippen molar-refractivity contribution in [3.8, 4) is 5.69 Å². The van der Waals surface area contributed by atoms with Crippen molar-refractivity contribution in [2.75, 3.05) is 0 Å². The largest absolute Gasteiger partial charge is 0.347 e. The maximum Gasteiger partial charge on any atom is 0.272 e. The Morgan fingerprint density at radius 1 is 1.03 bits per heavy atom. The summed E-state index contributed by atoms with van der Waals surface area (Å²) in [6, 6.07) is 16.5. The first-order chi connectivity index (χ1) is 15.0. The Kier molecular flexibility index (Phi) is 5.11. The van der Waals surface area contributed by atoms with Gasteiger partial charge < -0.3 is 5.32 Å². The highest BCUT2D eigenvalue weighted by atomic mass is 32.2. The maximum atomic E-state index is 12.9. The Labute approximate surface area is 181 Å². The molecular formula is C23H24N4O3S. The number of rotatable bonds is 7. The highest BCUT2D eigenvalue weighted by molar-refractivity contribution is 7.89. The second kappa shape index (κ2) is 7.94. The second-order valence-corrected chi connectivity index (χ2v) is 9.81. The minimum absolute atomic E-state index is 0.0707. The van der Waals surface area contributed by atoms with Crippen LogP contribution in [-0.4, -0.2) is 30.1 Å². The van der Waals surface area contributed by atoms with Gasteiger partial charge in [0.25, 0.3) is 5.91 Å². The molecule has 0 spiro atoms. The molecular weight excluding hydrogens is 412 g/mol. The van der Waals surface area contributed by atoms with E-state index < -0.39 is 10.0 Å². The zero-order valence-electron chi connectivity index (χ0n) is 17.0. The number of benzene rings is 2. The van der Waals surface area contributed by atoms with Crippen LogP contribution in [0.4, 0.5) is 0 Å². The Morgan fingerprint density at radius 2 is 1.77 bits per heavy atom. The lowest BCUT2D eigenvalue weighted by molar-refractivity contribution is 0.0944. The fourth-order valence-electron chi connectivity index (χ4n) is 3.94. The van der Waals surface area contributed by atoms with E-state index in [-0.39, 0.29) is 16.8 Å². The summed E-state index contributed by atoms with van der Waals surface area (Å²) in [4.78, 5) is 13.1. The number of sulfonamides is 1. The van der Waals surface area contributed by atoms with Crippen molar-refractivity contribution >= 4 is 15.9 Å². The van der Waals surface area contributed by atoms with Crippen molar-refractivity contribution in [1.82, 2.24) is 19.8 Å².